The van der Waals surface area contributed by atoms with Gasteiger partial charge in [0.2, 0.25) is 0 Å². The molecule has 0 radical (unpaired) electrons. The first-order chi connectivity index (χ1) is 9.54. The van der Waals surface area contributed by atoms with Crippen LogP contribution in [0.5, 0.6) is 0 Å². The Morgan fingerprint density at radius 1 is 1.20 bits per heavy atom. The smallest absolute Gasteiger partial charge is 0.0376 e. The van der Waals surface area contributed by atoms with Crippen LogP contribution in [0, 0.1) is 5.92 Å². The van der Waals surface area contributed by atoms with Crippen molar-refractivity contribution in [2.75, 3.05) is 45.6 Å². The Bertz CT molecular complexity index is 426. The van der Waals surface area contributed by atoms with Crippen LogP contribution in [0.15, 0.2) is 18.2 Å². The van der Waals surface area contributed by atoms with Crippen molar-refractivity contribution in [3.05, 3.63) is 29.3 Å². The number of benzene rings is 1. The van der Waals surface area contributed by atoms with E-state index < -0.39 is 0 Å². The number of nitrogens with one attached hydrogen (secondary N) is 1. The van der Waals surface area contributed by atoms with Crippen LogP contribution in [-0.4, -0.2) is 50.1 Å². The molecule has 3 nitrogen and oxygen atoms in total. The molecule has 1 N–H and O–H groups in total. The van der Waals surface area contributed by atoms with Crippen molar-refractivity contribution >= 4 is 5.69 Å². The largest absolute Gasteiger partial charge is 0.384 e. The van der Waals surface area contributed by atoms with Gasteiger partial charge in [-0.05, 0) is 43.6 Å². The fourth-order valence-electron chi connectivity index (χ4n) is 2.79. The molecule has 1 heterocycles. The Morgan fingerprint density at radius 3 is 2.70 bits per heavy atom. The zero-order valence-electron chi connectivity index (χ0n) is 13.4. The zero-order chi connectivity index (χ0) is 14.5. The lowest BCUT2D eigenvalue weighted by Gasteiger charge is -2.26. The van der Waals surface area contributed by atoms with Crippen LogP contribution in [0.25, 0.3) is 0 Å². The number of fused-ring (bicyclic) bond motifs is 1. The van der Waals surface area contributed by atoms with E-state index in [0.29, 0.717) is 5.92 Å². The third-order valence-corrected chi connectivity index (χ3v) is 3.78. The minimum absolute atomic E-state index is 0.713. The Kier molecular flexibility index (Phi) is 5.44. The first kappa shape index (κ1) is 15.3. The monoisotopic (exact) mass is 275 g/mol. The van der Waals surface area contributed by atoms with Crippen LogP contribution in [0.4, 0.5) is 5.69 Å². The summed E-state index contributed by atoms with van der Waals surface area (Å²) < 4.78 is 0. The van der Waals surface area contributed by atoms with Crippen molar-refractivity contribution < 1.29 is 0 Å². The number of hydrogen-bond acceptors (Lipinski definition) is 3. The molecular weight excluding hydrogens is 246 g/mol. The molecule has 1 aromatic carbocycles. The molecule has 0 aromatic heterocycles. The molecule has 1 aliphatic rings. The van der Waals surface area contributed by atoms with E-state index in [-0.39, 0.29) is 0 Å². The summed E-state index contributed by atoms with van der Waals surface area (Å²) in [5.41, 5.74) is 4.25. The quantitative estimate of drug-likeness (QED) is 0.825. The van der Waals surface area contributed by atoms with Crippen molar-refractivity contribution in [2.45, 2.75) is 26.8 Å². The summed E-state index contributed by atoms with van der Waals surface area (Å²) in [4.78, 5) is 4.83. The minimum Gasteiger partial charge on any atom is -0.384 e. The molecule has 2 rings (SSSR count). The van der Waals surface area contributed by atoms with Gasteiger partial charge in [-0.25, -0.2) is 0 Å². The van der Waals surface area contributed by atoms with Gasteiger partial charge in [-0.2, -0.15) is 0 Å². The average Bonchev–Trinajstić information content (AvgIpc) is 2.82. The third kappa shape index (κ3) is 4.50. The highest BCUT2D eigenvalue weighted by Gasteiger charge is 2.13. The van der Waals surface area contributed by atoms with Crippen LogP contribution in [0.1, 0.15) is 25.0 Å². The number of rotatable bonds is 7. The molecular formula is C17H29N3. The van der Waals surface area contributed by atoms with E-state index in [2.05, 4.69) is 61.3 Å². The third-order valence-electron chi connectivity index (χ3n) is 3.78. The molecule has 0 saturated heterocycles. The van der Waals surface area contributed by atoms with Crippen molar-refractivity contribution in [3.8, 4) is 0 Å². The molecule has 3 heteroatoms. The topological polar surface area (TPSA) is 18.5 Å². The first-order valence-corrected chi connectivity index (χ1v) is 7.77. The Hall–Kier alpha value is -1.06. The summed E-state index contributed by atoms with van der Waals surface area (Å²) in [7, 11) is 4.29. The van der Waals surface area contributed by atoms with Gasteiger partial charge >= 0.3 is 0 Å². The predicted molar refractivity (Wildman–Crippen MR) is 87.3 cm³/mol. The van der Waals surface area contributed by atoms with Crippen molar-refractivity contribution in [1.82, 2.24) is 9.80 Å². The maximum absolute atomic E-state index is 3.48. The van der Waals surface area contributed by atoms with Crippen LogP contribution in [-0.2, 0) is 13.0 Å². The lowest BCUT2D eigenvalue weighted by atomic mass is 10.1. The first-order valence-electron chi connectivity index (χ1n) is 7.77. The fourth-order valence-corrected chi connectivity index (χ4v) is 2.79. The molecule has 0 bridgehead atoms. The molecule has 0 fully saturated rings. The second kappa shape index (κ2) is 7.09. The van der Waals surface area contributed by atoms with Gasteiger partial charge < -0.3 is 10.2 Å². The lowest BCUT2D eigenvalue weighted by molar-refractivity contribution is 0.212. The zero-order valence-corrected chi connectivity index (χ0v) is 13.4. The molecule has 0 amide bonds. The standard InChI is InChI=1S/C17H29N3/c1-14(2)12-20(10-9-19(3)4)13-15-5-6-16-7-8-18-17(16)11-15/h5-6,11,14,18H,7-10,12-13H2,1-4H3. The average molecular weight is 275 g/mol. The Morgan fingerprint density at radius 2 is 2.00 bits per heavy atom. The van der Waals surface area contributed by atoms with E-state index in [1.807, 2.05) is 0 Å². The Balaban J connectivity index is 1.98. The molecule has 0 unspecified atom stereocenters. The maximum Gasteiger partial charge on any atom is 0.0376 e. The van der Waals surface area contributed by atoms with Gasteiger partial charge in [0.25, 0.3) is 0 Å². The summed E-state index contributed by atoms with van der Waals surface area (Å²) in [5.74, 6) is 0.713. The highest BCUT2D eigenvalue weighted by Crippen LogP contribution is 2.24. The highest BCUT2D eigenvalue weighted by molar-refractivity contribution is 5.56. The van der Waals surface area contributed by atoms with Gasteiger partial charge in [-0.1, -0.05) is 26.0 Å². The summed E-state index contributed by atoms with van der Waals surface area (Å²) in [6, 6.07) is 6.93. The maximum atomic E-state index is 3.48. The van der Waals surface area contributed by atoms with Gasteiger partial charge in [0, 0.05) is 38.4 Å². The number of likely N-dealkylation sites (N-methyl/N-ethyl adjacent to an activating group) is 1. The van der Waals surface area contributed by atoms with Crippen LogP contribution >= 0.6 is 0 Å². The van der Waals surface area contributed by atoms with Gasteiger partial charge in [0.05, 0.1) is 0 Å². The van der Waals surface area contributed by atoms with E-state index in [0.717, 1.165) is 26.2 Å². The summed E-state index contributed by atoms with van der Waals surface area (Å²) in [6.45, 7) is 10.2. The normalized spacial score (nSPS) is 14.2. The van der Waals surface area contributed by atoms with Gasteiger partial charge in [0.1, 0.15) is 0 Å². The van der Waals surface area contributed by atoms with Gasteiger partial charge in [-0.15, -0.1) is 0 Å². The Labute approximate surface area is 124 Å². The van der Waals surface area contributed by atoms with E-state index in [1.54, 1.807) is 0 Å². The van der Waals surface area contributed by atoms with Crippen molar-refractivity contribution in [2.24, 2.45) is 5.92 Å². The summed E-state index contributed by atoms with van der Waals surface area (Å²) in [6.07, 6.45) is 1.17. The fraction of sp³-hybridized carbons (Fsp3) is 0.647. The van der Waals surface area contributed by atoms with E-state index in [1.165, 1.54) is 29.8 Å². The van der Waals surface area contributed by atoms with Crippen LogP contribution in [0.3, 0.4) is 0 Å². The van der Waals surface area contributed by atoms with Crippen LogP contribution < -0.4 is 5.32 Å². The van der Waals surface area contributed by atoms with E-state index in [4.69, 9.17) is 0 Å². The number of nitrogens with zero attached hydrogens (tertiary/aromatic N) is 2. The molecule has 0 saturated carbocycles. The van der Waals surface area contributed by atoms with Crippen molar-refractivity contribution in [1.29, 1.82) is 0 Å². The predicted octanol–water partition coefficient (Wildman–Crippen LogP) is 2.67. The summed E-state index contributed by atoms with van der Waals surface area (Å²) >= 11 is 0. The highest BCUT2D eigenvalue weighted by atomic mass is 15.2. The van der Waals surface area contributed by atoms with Crippen LogP contribution in [0.2, 0.25) is 0 Å². The van der Waals surface area contributed by atoms with E-state index in [9.17, 15) is 0 Å². The van der Waals surface area contributed by atoms with Gasteiger partial charge in [0.15, 0.2) is 0 Å². The lowest BCUT2D eigenvalue weighted by Crippen LogP contribution is -2.34. The second-order valence-electron chi connectivity index (χ2n) is 6.60. The number of anilines is 1. The van der Waals surface area contributed by atoms with E-state index >= 15 is 0 Å². The molecule has 20 heavy (non-hydrogen) atoms. The molecule has 1 aromatic rings. The molecule has 112 valence electrons. The minimum atomic E-state index is 0.713. The molecule has 0 aliphatic carbocycles. The summed E-state index contributed by atoms with van der Waals surface area (Å²) in [5, 5.41) is 3.48. The molecule has 0 spiro atoms. The SMILES string of the molecule is CC(C)CN(CCN(C)C)Cc1ccc2c(c1)NCC2. The second-order valence-corrected chi connectivity index (χ2v) is 6.60. The van der Waals surface area contributed by atoms with Gasteiger partial charge in [-0.3, -0.25) is 4.90 Å². The molecule has 0 atom stereocenters. The number of hydrogen-bond donors (Lipinski definition) is 1. The van der Waals surface area contributed by atoms with Crippen molar-refractivity contribution in [3.63, 3.8) is 0 Å². The molecule has 1 aliphatic heterocycles.